The lowest BCUT2D eigenvalue weighted by atomic mass is 10.1. The Balaban J connectivity index is 0.00000392. The zero-order chi connectivity index (χ0) is 19.3. The second-order valence-electron chi connectivity index (χ2n) is 6.38. The molecule has 0 radical (unpaired) electrons. The number of methoxy groups -OCH3 is 1. The molecule has 0 atom stereocenters. The average Bonchev–Trinajstić information content (AvgIpc) is 2.69. The monoisotopic (exact) mass is 497 g/mol. The Kier molecular flexibility index (Phi) is 12.3. The second-order valence-corrected chi connectivity index (χ2v) is 6.38. The molecule has 0 aromatic heterocycles. The van der Waals surface area contributed by atoms with Crippen LogP contribution in [0.1, 0.15) is 30.0 Å². The van der Waals surface area contributed by atoms with Gasteiger partial charge in [-0.2, -0.15) is 0 Å². The number of benzene rings is 2. The Hall–Kier alpha value is -1.80. The number of rotatable bonds is 10. The van der Waals surface area contributed by atoms with E-state index < -0.39 is 0 Å². The summed E-state index contributed by atoms with van der Waals surface area (Å²) in [6.45, 7) is 7.69. The van der Waals surface area contributed by atoms with E-state index in [0.29, 0.717) is 19.8 Å². The van der Waals surface area contributed by atoms with E-state index in [-0.39, 0.29) is 24.0 Å². The fraction of sp³-hybridized carbons (Fsp3) is 0.409. The van der Waals surface area contributed by atoms with Crippen LogP contribution in [0.25, 0.3) is 0 Å². The van der Waals surface area contributed by atoms with Crippen molar-refractivity contribution in [3.63, 3.8) is 0 Å². The van der Waals surface area contributed by atoms with Crippen molar-refractivity contribution in [2.75, 3.05) is 26.9 Å². The van der Waals surface area contributed by atoms with Gasteiger partial charge in [-0.3, -0.25) is 0 Å². The Morgan fingerprint density at radius 2 is 1.79 bits per heavy atom. The van der Waals surface area contributed by atoms with Crippen LogP contribution in [-0.4, -0.2) is 32.8 Å². The summed E-state index contributed by atoms with van der Waals surface area (Å²) in [4.78, 5) is 4.69. The molecule has 0 aliphatic heterocycles. The number of guanidine groups is 1. The van der Waals surface area contributed by atoms with Gasteiger partial charge < -0.3 is 20.1 Å². The van der Waals surface area contributed by atoms with Crippen molar-refractivity contribution < 1.29 is 9.47 Å². The van der Waals surface area contributed by atoms with Crippen molar-refractivity contribution in [2.45, 2.75) is 33.4 Å². The van der Waals surface area contributed by atoms with Crippen molar-refractivity contribution in [1.29, 1.82) is 0 Å². The molecule has 5 nitrogen and oxygen atoms in total. The van der Waals surface area contributed by atoms with Crippen LogP contribution in [0.15, 0.2) is 53.5 Å². The van der Waals surface area contributed by atoms with Crippen LogP contribution in [0.5, 0.6) is 5.75 Å². The van der Waals surface area contributed by atoms with Gasteiger partial charge in [0.15, 0.2) is 5.96 Å². The van der Waals surface area contributed by atoms with Gasteiger partial charge in [0.2, 0.25) is 0 Å². The highest BCUT2D eigenvalue weighted by atomic mass is 127. The lowest BCUT2D eigenvalue weighted by molar-refractivity contribution is 0.172. The van der Waals surface area contributed by atoms with Gasteiger partial charge in [-0.15, -0.1) is 24.0 Å². The molecular weight excluding hydrogens is 465 g/mol. The molecule has 0 fully saturated rings. The van der Waals surface area contributed by atoms with E-state index in [1.165, 1.54) is 11.1 Å². The summed E-state index contributed by atoms with van der Waals surface area (Å²) in [7, 11) is 1.70. The Labute approximate surface area is 186 Å². The smallest absolute Gasteiger partial charge is 0.191 e. The minimum Gasteiger partial charge on any atom is -0.493 e. The molecule has 0 aliphatic carbocycles. The molecule has 0 saturated heterocycles. The molecule has 2 aromatic carbocycles. The summed E-state index contributed by atoms with van der Waals surface area (Å²) in [6, 6.07) is 16.6. The highest BCUT2D eigenvalue weighted by Gasteiger charge is 2.01. The molecule has 28 heavy (non-hydrogen) atoms. The maximum atomic E-state index is 5.76. The molecule has 0 bridgehead atoms. The van der Waals surface area contributed by atoms with Crippen LogP contribution >= 0.6 is 24.0 Å². The predicted octanol–water partition coefficient (Wildman–Crippen LogP) is 4.28. The van der Waals surface area contributed by atoms with Crippen LogP contribution in [0.4, 0.5) is 0 Å². The molecule has 2 aromatic rings. The molecule has 6 heteroatoms. The van der Waals surface area contributed by atoms with Crippen molar-refractivity contribution >= 4 is 29.9 Å². The first kappa shape index (κ1) is 24.2. The molecule has 2 rings (SSSR count). The quantitative estimate of drug-likeness (QED) is 0.223. The first-order chi connectivity index (χ1) is 13.2. The summed E-state index contributed by atoms with van der Waals surface area (Å²) in [6.07, 6.45) is 0.881. The van der Waals surface area contributed by atoms with E-state index in [4.69, 9.17) is 9.47 Å². The Morgan fingerprint density at radius 3 is 2.50 bits per heavy atom. The van der Waals surface area contributed by atoms with Gasteiger partial charge in [0.1, 0.15) is 5.75 Å². The van der Waals surface area contributed by atoms with Gasteiger partial charge >= 0.3 is 0 Å². The molecule has 0 spiro atoms. The third-order valence-corrected chi connectivity index (χ3v) is 4.00. The van der Waals surface area contributed by atoms with Crippen molar-refractivity contribution in [2.24, 2.45) is 4.99 Å². The van der Waals surface area contributed by atoms with E-state index in [1.807, 2.05) is 18.2 Å². The van der Waals surface area contributed by atoms with Crippen LogP contribution in [0.2, 0.25) is 0 Å². The van der Waals surface area contributed by atoms with Crippen LogP contribution in [-0.2, 0) is 17.8 Å². The molecular formula is C22H32IN3O2. The number of nitrogens with zero attached hydrogens (tertiary/aromatic N) is 1. The van der Waals surface area contributed by atoms with Gasteiger partial charge in [0.05, 0.1) is 13.2 Å². The van der Waals surface area contributed by atoms with E-state index in [9.17, 15) is 0 Å². The van der Waals surface area contributed by atoms with E-state index >= 15 is 0 Å². The molecule has 0 aliphatic rings. The van der Waals surface area contributed by atoms with Crippen molar-refractivity contribution in [1.82, 2.24) is 10.6 Å². The summed E-state index contributed by atoms with van der Waals surface area (Å²) < 4.78 is 10.8. The largest absolute Gasteiger partial charge is 0.493 e. The Bertz CT molecular complexity index is 705. The normalized spacial score (nSPS) is 10.9. The summed E-state index contributed by atoms with van der Waals surface area (Å²) >= 11 is 0. The first-order valence-corrected chi connectivity index (χ1v) is 9.49. The van der Waals surface area contributed by atoms with Gasteiger partial charge in [0.25, 0.3) is 0 Å². The van der Waals surface area contributed by atoms with Gasteiger partial charge in [-0.05, 0) is 37.1 Å². The highest BCUT2D eigenvalue weighted by Crippen LogP contribution is 2.14. The number of halogens is 1. The number of hydrogen-bond acceptors (Lipinski definition) is 3. The number of nitrogens with one attached hydrogen (secondary N) is 2. The minimum absolute atomic E-state index is 0. The van der Waals surface area contributed by atoms with Gasteiger partial charge in [-0.25, -0.2) is 4.99 Å². The summed E-state index contributed by atoms with van der Waals surface area (Å²) in [5, 5.41) is 6.67. The Morgan fingerprint density at radius 1 is 1.00 bits per heavy atom. The molecule has 0 unspecified atom stereocenters. The number of aryl methyl sites for hydroxylation is 1. The zero-order valence-electron chi connectivity index (χ0n) is 17.0. The molecule has 0 saturated carbocycles. The maximum Gasteiger partial charge on any atom is 0.191 e. The summed E-state index contributed by atoms with van der Waals surface area (Å²) in [5.41, 5.74) is 3.62. The second kappa shape index (κ2) is 14.2. The average molecular weight is 497 g/mol. The van der Waals surface area contributed by atoms with Gasteiger partial charge in [-0.1, -0.05) is 42.0 Å². The third-order valence-electron chi connectivity index (χ3n) is 4.00. The zero-order valence-corrected chi connectivity index (χ0v) is 19.4. The van der Waals surface area contributed by atoms with E-state index in [2.05, 4.69) is 59.8 Å². The number of aliphatic imine (C=N–C) groups is 1. The van der Waals surface area contributed by atoms with E-state index in [0.717, 1.165) is 36.8 Å². The maximum absolute atomic E-state index is 5.76. The fourth-order valence-electron chi connectivity index (χ4n) is 2.53. The summed E-state index contributed by atoms with van der Waals surface area (Å²) in [5.74, 6) is 1.68. The van der Waals surface area contributed by atoms with Crippen LogP contribution in [0, 0.1) is 6.92 Å². The van der Waals surface area contributed by atoms with E-state index in [1.54, 1.807) is 7.11 Å². The van der Waals surface area contributed by atoms with Crippen molar-refractivity contribution in [3.8, 4) is 5.75 Å². The highest BCUT2D eigenvalue weighted by molar-refractivity contribution is 14.0. The number of hydrogen-bond donors (Lipinski definition) is 2. The van der Waals surface area contributed by atoms with Crippen molar-refractivity contribution in [3.05, 3.63) is 65.2 Å². The number of ether oxygens (including phenoxy) is 2. The topological polar surface area (TPSA) is 54.9 Å². The molecule has 154 valence electrons. The fourth-order valence-corrected chi connectivity index (χ4v) is 2.53. The SMILES string of the molecule is CCNC(=NCc1cccc(OCCCOC)c1)NCc1ccc(C)cc1.I. The minimum atomic E-state index is 0. The molecule has 0 heterocycles. The lowest BCUT2D eigenvalue weighted by Gasteiger charge is -2.12. The molecule has 2 N–H and O–H groups in total. The van der Waals surface area contributed by atoms with Gasteiger partial charge in [0, 0.05) is 33.2 Å². The standard InChI is InChI=1S/C22H31N3O2.HI/c1-4-23-22(24-16-19-11-9-18(2)10-12-19)25-17-20-7-5-8-21(15-20)27-14-6-13-26-3;/h5,7-12,15H,4,6,13-14,16-17H2,1-3H3,(H2,23,24,25);1H. The lowest BCUT2D eigenvalue weighted by Crippen LogP contribution is -2.36. The van der Waals surface area contributed by atoms with Crippen LogP contribution < -0.4 is 15.4 Å². The van der Waals surface area contributed by atoms with Crippen LogP contribution in [0.3, 0.4) is 0 Å². The first-order valence-electron chi connectivity index (χ1n) is 9.49. The predicted molar refractivity (Wildman–Crippen MR) is 127 cm³/mol. The molecule has 0 amide bonds. The third kappa shape index (κ3) is 9.41.